The number of nitrogens with zero attached hydrogens (tertiary/aromatic N) is 1. The van der Waals surface area contributed by atoms with E-state index in [2.05, 4.69) is 15.3 Å². The number of benzene rings is 1. The molecule has 1 atom stereocenters. The maximum Gasteiger partial charge on any atom is 0.243 e. The highest BCUT2D eigenvalue weighted by Crippen LogP contribution is 2.20. The van der Waals surface area contributed by atoms with E-state index in [-0.39, 0.29) is 11.5 Å². The lowest BCUT2D eigenvalue weighted by Crippen LogP contribution is -2.33. The fourth-order valence-corrected chi connectivity index (χ4v) is 1.66. The number of aromatic nitrogens is 2. The minimum absolute atomic E-state index is 0.0703. The van der Waals surface area contributed by atoms with E-state index in [0.29, 0.717) is 0 Å². The van der Waals surface area contributed by atoms with Gasteiger partial charge in [0.05, 0.1) is 0 Å². The highest BCUT2D eigenvalue weighted by atomic mass is 19.1. The Hall–Kier alpha value is -2.70. The van der Waals surface area contributed by atoms with Crippen LogP contribution in [-0.4, -0.2) is 21.8 Å². The van der Waals surface area contributed by atoms with Gasteiger partial charge in [-0.25, -0.2) is 9.37 Å². The fourth-order valence-electron chi connectivity index (χ4n) is 1.66. The number of carbonyl (C=O) groups is 2. The van der Waals surface area contributed by atoms with Crippen molar-refractivity contribution in [3.8, 4) is 0 Å². The predicted octanol–water partition coefficient (Wildman–Crippen LogP) is 0.756. The largest absolute Gasteiger partial charge is 0.369 e. The molecule has 0 saturated heterocycles. The third-order valence-corrected chi connectivity index (χ3v) is 2.50. The number of halogens is 1. The van der Waals surface area contributed by atoms with Crippen molar-refractivity contribution in [1.29, 1.82) is 0 Å². The number of H-pyrrole nitrogens is 1. The van der Waals surface area contributed by atoms with Gasteiger partial charge in [-0.05, 0) is 6.07 Å². The molecule has 0 aliphatic heterocycles. The second-order valence-electron chi connectivity index (χ2n) is 3.78. The summed E-state index contributed by atoms with van der Waals surface area (Å²) in [4.78, 5) is 29.8. The molecule has 0 saturated carbocycles. The molecule has 1 aromatic carbocycles. The van der Waals surface area contributed by atoms with Crippen LogP contribution in [0.5, 0.6) is 0 Å². The number of hydrogen-bond acceptors (Lipinski definition) is 3. The van der Waals surface area contributed by atoms with Crippen molar-refractivity contribution in [2.45, 2.75) is 5.92 Å². The molecule has 0 aliphatic rings. The number of carbonyl (C=O) groups excluding carboxylic acids is 2. The van der Waals surface area contributed by atoms with Crippen molar-refractivity contribution in [2.24, 2.45) is 5.73 Å². The quantitative estimate of drug-likeness (QED) is 0.709. The van der Waals surface area contributed by atoms with Gasteiger partial charge in [0.15, 0.2) is 0 Å². The molecule has 6 nitrogen and oxygen atoms in total. The van der Waals surface area contributed by atoms with Gasteiger partial charge in [0.25, 0.3) is 0 Å². The number of anilines is 1. The lowest BCUT2D eigenvalue weighted by molar-refractivity contribution is -0.127. The number of nitrogens with two attached hydrogens (primary N) is 1. The first-order valence-corrected chi connectivity index (χ1v) is 5.43. The van der Waals surface area contributed by atoms with Gasteiger partial charge < -0.3 is 10.7 Å². The van der Waals surface area contributed by atoms with Crippen molar-refractivity contribution < 1.29 is 14.0 Å². The maximum atomic E-state index is 13.6. The number of aromatic amines is 1. The van der Waals surface area contributed by atoms with E-state index in [0.717, 1.165) is 6.07 Å². The first-order chi connectivity index (χ1) is 9.09. The Morgan fingerprint density at radius 3 is 2.68 bits per heavy atom. The Morgan fingerprint density at radius 1 is 1.37 bits per heavy atom. The van der Waals surface area contributed by atoms with Crippen molar-refractivity contribution >= 4 is 17.8 Å². The van der Waals surface area contributed by atoms with E-state index >= 15 is 0 Å². The van der Waals surface area contributed by atoms with Crippen molar-refractivity contribution in [1.82, 2.24) is 9.97 Å². The summed E-state index contributed by atoms with van der Waals surface area (Å²) < 4.78 is 13.6. The van der Waals surface area contributed by atoms with Gasteiger partial charge in [-0.2, -0.15) is 0 Å². The van der Waals surface area contributed by atoms with Crippen LogP contribution in [0.4, 0.5) is 10.3 Å². The van der Waals surface area contributed by atoms with Crippen LogP contribution in [0.15, 0.2) is 36.7 Å². The first-order valence-electron chi connectivity index (χ1n) is 5.43. The van der Waals surface area contributed by atoms with Gasteiger partial charge in [0.1, 0.15) is 11.7 Å². The third-order valence-electron chi connectivity index (χ3n) is 2.50. The molecule has 2 aromatic rings. The molecule has 2 rings (SSSR count). The highest BCUT2D eigenvalue weighted by molar-refractivity contribution is 6.10. The molecular weight excluding hydrogens is 251 g/mol. The molecular formula is C12H11FN4O2. The number of imidazole rings is 1. The Balaban J connectivity index is 2.28. The SMILES string of the molecule is NC(=O)C(C(=O)Nc1ncc[nH]1)c1ccccc1F. The van der Waals surface area contributed by atoms with E-state index in [1.165, 1.54) is 30.6 Å². The second-order valence-corrected chi connectivity index (χ2v) is 3.78. The van der Waals surface area contributed by atoms with Crippen LogP contribution in [0.2, 0.25) is 0 Å². The Labute approximate surface area is 107 Å². The predicted molar refractivity (Wildman–Crippen MR) is 65.6 cm³/mol. The third kappa shape index (κ3) is 2.76. The zero-order valence-electron chi connectivity index (χ0n) is 9.76. The van der Waals surface area contributed by atoms with E-state index in [1.807, 2.05) is 0 Å². The van der Waals surface area contributed by atoms with Gasteiger partial charge in [-0.1, -0.05) is 18.2 Å². The second kappa shape index (κ2) is 5.30. The van der Waals surface area contributed by atoms with Crippen LogP contribution in [0.1, 0.15) is 11.5 Å². The summed E-state index contributed by atoms with van der Waals surface area (Å²) in [5, 5.41) is 2.36. The lowest BCUT2D eigenvalue weighted by Gasteiger charge is -2.13. The van der Waals surface area contributed by atoms with Crippen LogP contribution in [-0.2, 0) is 9.59 Å². The Bertz CT molecular complexity index is 598. The molecule has 0 bridgehead atoms. The van der Waals surface area contributed by atoms with Gasteiger partial charge in [0, 0.05) is 18.0 Å². The molecule has 19 heavy (non-hydrogen) atoms. The topological polar surface area (TPSA) is 101 Å². The van der Waals surface area contributed by atoms with Gasteiger partial charge in [0.2, 0.25) is 17.8 Å². The lowest BCUT2D eigenvalue weighted by atomic mass is 9.97. The highest BCUT2D eigenvalue weighted by Gasteiger charge is 2.29. The average Bonchev–Trinajstić information content (AvgIpc) is 2.84. The first kappa shape index (κ1) is 12.7. The van der Waals surface area contributed by atoms with E-state index in [4.69, 9.17) is 5.73 Å². The molecule has 98 valence electrons. The van der Waals surface area contributed by atoms with Crippen molar-refractivity contribution in [3.63, 3.8) is 0 Å². The van der Waals surface area contributed by atoms with E-state index in [9.17, 15) is 14.0 Å². The number of hydrogen-bond donors (Lipinski definition) is 3. The van der Waals surface area contributed by atoms with Crippen molar-refractivity contribution in [2.75, 3.05) is 5.32 Å². The zero-order valence-corrected chi connectivity index (χ0v) is 9.76. The summed E-state index contributed by atoms with van der Waals surface area (Å²) in [5.74, 6) is -3.60. The molecule has 1 unspecified atom stereocenters. The molecule has 1 heterocycles. The molecule has 0 radical (unpaired) electrons. The number of amides is 2. The minimum Gasteiger partial charge on any atom is -0.369 e. The molecule has 4 N–H and O–H groups in total. The zero-order chi connectivity index (χ0) is 13.8. The van der Waals surface area contributed by atoms with E-state index < -0.39 is 23.5 Å². The number of rotatable bonds is 4. The summed E-state index contributed by atoms with van der Waals surface area (Å²) in [5.41, 5.74) is 5.10. The molecule has 7 heteroatoms. The minimum atomic E-state index is -1.41. The smallest absolute Gasteiger partial charge is 0.243 e. The van der Waals surface area contributed by atoms with Gasteiger partial charge in [-0.3, -0.25) is 14.9 Å². The van der Waals surface area contributed by atoms with Crippen LogP contribution < -0.4 is 11.1 Å². The average molecular weight is 262 g/mol. The molecule has 0 aliphatic carbocycles. The summed E-state index contributed by atoms with van der Waals surface area (Å²) in [7, 11) is 0. The molecule has 1 aromatic heterocycles. The van der Waals surface area contributed by atoms with E-state index in [1.54, 1.807) is 0 Å². The summed E-state index contributed by atoms with van der Waals surface area (Å²) in [6.45, 7) is 0. The maximum absolute atomic E-state index is 13.6. The van der Waals surface area contributed by atoms with Gasteiger partial charge in [-0.15, -0.1) is 0 Å². The normalized spacial score (nSPS) is 11.8. The van der Waals surface area contributed by atoms with Crippen LogP contribution >= 0.6 is 0 Å². The van der Waals surface area contributed by atoms with Crippen LogP contribution in [0, 0.1) is 5.82 Å². The summed E-state index contributed by atoms with van der Waals surface area (Å²) in [6, 6.07) is 5.48. The molecule has 2 amide bonds. The Kier molecular flexibility index (Phi) is 3.56. The fraction of sp³-hybridized carbons (Fsp3) is 0.0833. The molecule has 0 spiro atoms. The summed E-state index contributed by atoms with van der Waals surface area (Å²) in [6.07, 6.45) is 2.93. The monoisotopic (exact) mass is 262 g/mol. The standard InChI is InChI=1S/C12H11FN4O2/c13-8-4-2-1-3-7(8)9(10(14)18)11(19)17-12-15-5-6-16-12/h1-6,9H,(H2,14,18)(H2,15,16,17,19). The summed E-state index contributed by atoms with van der Waals surface area (Å²) >= 11 is 0. The van der Waals surface area contributed by atoms with Gasteiger partial charge >= 0.3 is 0 Å². The van der Waals surface area contributed by atoms with Crippen molar-refractivity contribution in [3.05, 3.63) is 48.0 Å². The molecule has 0 fully saturated rings. The van der Waals surface area contributed by atoms with Crippen LogP contribution in [0.25, 0.3) is 0 Å². The number of nitrogens with one attached hydrogen (secondary N) is 2. The van der Waals surface area contributed by atoms with Crippen LogP contribution in [0.3, 0.4) is 0 Å². The number of primary amides is 1. The Morgan fingerprint density at radius 2 is 2.11 bits per heavy atom.